The monoisotopic (exact) mass is 167 g/mol. The van der Waals surface area contributed by atoms with Gasteiger partial charge in [0.1, 0.15) is 0 Å². The normalized spacial score (nSPS) is 30.9. The largest absolute Gasteiger partial charge is 0.308 e. The summed E-state index contributed by atoms with van der Waals surface area (Å²) in [5.41, 5.74) is 1.70. The molecule has 1 nitrogen and oxygen atoms in total. The summed E-state index contributed by atoms with van der Waals surface area (Å²) in [6.07, 6.45) is 7.76. The number of allylic oxidation sites excluding steroid dienone is 1. The van der Waals surface area contributed by atoms with E-state index in [-0.39, 0.29) is 5.54 Å². The Morgan fingerprint density at radius 2 is 2.00 bits per heavy atom. The molecule has 1 aliphatic rings. The molecule has 1 heteroatoms. The lowest BCUT2D eigenvalue weighted by atomic mass is 9.94. The summed E-state index contributed by atoms with van der Waals surface area (Å²) in [5, 5.41) is 3.61. The number of hydrogen-bond acceptors (Lipinski definition) is 1. The highest BCUT2D eigenvalue weighted by atomic mass is 15.0. The van der Waals surface area contributed by atoms with Gasteiger partial charge in [0.2, 0.25) is 0 Å². The molecule has 1 unspecified atom stereocenters. The second-order valence-corrected chi connectivity index (χ2v) is 4.38. The first kappa shape index (κ1) is 9.79. The Morgan fingerprint density at radius 3 is 2.67 bits per heavy atom. The topological polar surface area (TPSA) is 12.0 Å². The van der Waals surface area contributed by atoms with Crippen molar-refractivity contribution < 1.29 is 0 Å². The minimum absolute atomic E-state index is 0.273. The minimum atomic E-state index is 0.273. The van der Waals surface area contributed by atoms with Crippen molar-refractivity contribution in [3.8, 4) is 0 Å². The summed E-state index contributed by atoms with van der Waals surface area (Å²) in [5.74, 6) is 0. The van der Waals surface area contributed by atoms with Crippen LogP contribution >= 0.6 is 0 Å². The molecule has 1 rings (SSSR count). The van der Waals surface area contributed by atoms with Gasteiger partial charge < -0.3 is 5.32 Å². The zero-order valence-corrected chi connectivity index (χ0v) is 8.61. The van der Waals surface area contributed by atoms with Crippen LogP contribution in [0, 0.1) is 0 Å². The molecule has 0 radical (unpaired) electrons. The quantitative estimate of drug-likeness (QED) is 0.592. The van der Waals surface area contributed by atoms with Crippen LogP contribution in [0.25, 0.3) is 0 Å². The average molecular weight is 167 g/mol. The lowest BCUT2D eigenvalue weighted by molar-refractivity contribution is 0.430. The van der Waals surface area contributed by atoms with Crippen LogP contribution in [0.15, 0.2) is 11.6 Å². The van der Waals surface area contributed by atoms with Crippen LogP contribution < -0.4 is 5.32 Å². The lowest BCUT2D eigenvalue weighted by Crippen LogP contribution is -2.39. The second-order valence-electron chi connectivity index (χ2n) is 4.38. The van der Waals surface area contributed by atoms with Gasteiger partial charge in [0.25, 0.3) is 0 Å². The third kappa shape index (κ3) is 2.98. The number of rotatable bonds is 1. The molecule has 0 aromatic heterocycles. The Hall–Kier alpha value is -0.300. The number of nitrogens with one attached hydrogen (secondary N) is 1. The summed E-state index contributed by atoms with van der Waals surface area (Å²) in [6, 6.07) is 0. The van der Waals surface area contributed by atoms with Gasteiger partial charge in [-0.25, -0.2) is 0 Å². The molecule has 0 bridgehead atoms. The fraction of sp³-hybridized carbons (Fsp3) is 0.818. The van der Waals surface area contributed by atoms with Crippen molar-refractivity contribution in [2.45, 2.75) is 52.0 Å². The van der Waals surface area contributed by atoms with E-state index in [0.29, 0.717) is 0 Å². The van der Waals surface area contributed by atoms with Crippen LogP contribution in [-0.4, -0.2) is 12.1 Å². The molecule has 0 aromatic rings. The van der Waals surface area contributed by atoms with Gasteiger partial charge in [-0.3, -0.25) is 0 Å². The van der Waals surface area contributed by atoms with Crippen molar-refractivity contribution in [2.24, 2.45) is 0 Å². The van der Waals surface area contributed by atoms with Gasteiger partial charge in [-0.2, -0.15) is 0 Å². The van der Waals surface area contributed by atoms with Crippen molar-refractivity contribution in [3.05, 3.63) is 11.6 Å². The molecular weight excluding hydrogens is 146 g/mol. The van der Waals surface area contributed by atoms with E-state index in [1.54, 1.807) is 0 Å². The molecule has 1 N–H and O–H groups in total. The zero-order chi connectivity index (χ0) is 9.03. The standard InChI is InChI=1S/C11H21N/c1-10(2)9-11(3)7-5-4-6-8-12-11/h9,12H,4-8H2,1-3H3. The van der Waals surface area contributed by atoms with Gasteiger partial charge in [-0.1, -0.05) is 24.5 Å². The van der Waals surface area contributed by atoms with E-state index in [0.717, 1.165) is 0 Å². The Balaban J connectivity index is 2.60. The molecule has 0 aromatic carbocycles. The summed E-state index contributed by atoms with van der Waals surface area (Å²) in [7, 11) is 0. The van der Waals surface area contributed by atoms with E-state index in [4.69, 9.17) is 0 Å². The van der Waals surface area contributed by atoms with E-state index in [1.807, 2.05) is 0 Å². The zero-order valence-electron chi connectivity index (χ0n) is 8.61. The van der Waals surface area contributed by atoms with Crippen molar-refractivity contribution in [1.82, 2.24) is 5.32 Å². The predicted molar refractivity (Wildman–Crippen MR) is 54.3 cm³/mol. The van der Waals surface area contributed by atoms with Gasteiger partial charge in [-0.05, 0) is 40.2 Å². The van der Waals surface area contributed by atoms with Crippen LogP contribution in [0.3, 0.4) is 0 Å². The first-order chi connectivity index (χ1) is 5.62. The fourth-order valence-corrected chi connectivity index (χ4v) is 2.02. The first-order valence-corrected chi connectivity index (χ1v) is 5.03. The molecular formula is C11H21N. The molecule has 1 fully saturated rings. The van der Waals surface area contributed by atoms with E-state index in [2.05, 4.69) is 32.2 Å². The van der Waals surface area contributed by atoms with Crippen LogP contribution in [0.4, 0.5) is 0 Å². The second kappa shape index (κ2) is 4.08. The maximum Gasteiger partial charge on any atom is 0.0338 e. The summed E-state index contributed by atoms with van der Waals surface area (Å²) < 4.78 is 0. The van der Waals surface area contributed by atoms with Gasteiger partial charge in [0.05, 0.1) is 0 Å². The summed E-state index contributed by atoms with van der Waals surface area (Å²) in [4.78, 5) is 0. The van der Waals surface area contributed by atoms with Gasteiger partial charge in [0.15, 0.2) is 0 Å². The third-order valence-corrected chi connectivity index (χ3v) is 2.51. The summed E-state index contributed by atoms with van der Waals surface area (Å²) >= 11 is 0. The lowest BCUT2D eigenvalue weighted by Gasteiger charge is -2.26. The van der Waals surface area contributed by atoms with Crippen LogP contribution in [0.5, 0.6) is 0 Å². The number of hydrogen-bond donors (Lipinski definition) is 1. The van der Waals surface area contributed by atoms with Crippen molar-refractivity contribution in [3.63, 3.8) is 0 Å². The summed E-state index contributed by atoms with van der Waals surface area (Å²) in [6.45, 7) is 7.85. The minimum Gasteiger partial charge on any atom is -0.308 e. The molecule has 0 aliphatic carbocycles. The van der Waals surface area contributed by atoms with Crippen molar-refractivity contribution >= 4 is 0 Å². The highest BCUT2D eigenvalue weighted by Gasteiger charge is 2.21. The third-order valence-electron chi connectivity index (χ3n) is 2.51. The highest BCUT2D eigenvalue weighted by molar-refractivity contribution is 5.09. The molecule has 70 valence electrons. The van der Waals surface area contributed by atoms with E-state index >= 15 is 0 Å². The van der Waals surface area contributed by atoms with E-state index in [1.165, 1.54) is 37.8 Å². The SMILES string of the molecule is CC(C)=CC1(C)CCCCCN1. The molecule has 1 saturated heterocycles. The Morgan fingerprint density at radius 1 is 1.25 bits per heavy atom. The maximum atomic E-state index is 3.61. The van der Waals surface area contributed by atoms with Crippen molar-refractivity contribution in [1.29, 1.82) is 0 Å². The van der Waals surface area contributed by atoms with Crippen LogP contribution in [0.1, 0.15) is 46.5 Å². The maximum absolute atomic E-state index is 3.61. The van der Waals surface area contributed by atoms with Gasteiger partial charge in [-0.15, -0.1) is 0 Å². The Kier molecular flexibility index (Phi) is 3.33. The first-order valence-electron chi connectivity index (χ1n) is 5.03. The van der Waals surface area contributed by atoms with Crippen molar-refractivity contribution in [2.75, 3.05) is 6.54 Å². The molecule has 0 saturated carbocycles. The van der Waals surface area contributed by atoms with Gasteiger partial charge in [0, 0.05) is 5.54 Å². The molecule has 1 heterocycles. The molecule has 0 spiro atoms. The van der Waals surface area contributed by atoms with Crippen LogP contribution in [0.2, 0.25) is 0 Å². The Bertz CT molecular complexity index is 158. The Labute approximate surface area is 76.2 Å². The van der Waals surface area contributed by atoms with Crippen LogP contribution in [-0.2, 0) is 0 Å². The highest BCUT2D eigenvalue weighted by Crippen LogP contribution is 2.20. The molecule has 1 atom stereocenters. The van der Waals surface area contributed by atoms with Gasteiger partial charge >= 0.3 is 0 Å². The smallest absolute Gasteiger partial charge is 0.0338 e. The van der Waals surface area contributed by atoms with E-state index < -0.39 is 0 Å². The molecule has 1 aliphatic heterocycles. The fourth-order valence-electron chi connectivity index (χ4n) is 2.02. The molecule has 12 heavy (non-hydrogen) atoms. The van der Waals surface area contributed by atoms with E-state index in [9.17, 15) is 0 Å². The predicted octanol–water partition coefficient (Wildman–Crippen LogP) is 2.87. The average Bonchev–Trinajstić information content (AvgIpc) is 2.12. The molecule has 0 amide bonds.